The predicted molar refractivity (Wildman–Crippen MR) is 62.2 cm³/mol. The van der Waals surface area contributed by atoms with Gasteiger partial charge in [-0.25, -0.2) is 4.98 Å². The summed E-state index contributed by atoms with van der Waals surface area (Å²) >= 11 is 0. The van der Waals surface area contributed by atoms with Crippen LogP contribution in [0.5, 0.6) is 0 Å². The minimum Gasteiger partial charge on any atom is -0.332 e. The summed E-state index contributed by atoms with van der Waals surface area (Å²) in [6.07, 6.45) is 3.87. The average molecular weight is 207 g/mol. The summed E-state index contributed by atoms with van der Waals surface area (Å²) in [4.78, 5) is 4.59. The van der Waals surface area contributed by atoms with Gasteiger partial charge in [-0.3, -0.25) is 0 Å². The van der Waals surface area contributed by atoms with Gasteiger partial charge in [-0.05, 0) is 46.7 Å². The molecule has 0 spiro atoms. The molecule has 0 saturated carbocycles. The van der Waals surface area contributed by atoms with Gasteiger partial charge in [0.1, 0.15) is 5.82 Å². The first-order valence-corrected chi connectivity index (χ1v) is 5.92. The standard InChI is InChI=1S/C12H21N3/c1-9-12-11(6-7-13-3)5-4-8-15(12)10(2)14-9/h11,13H,4-8H2,1-3H3. The Morgan fingerprint density at radius 2 is 2.27 bits per heavy atom. The maximum atomic E-state index is 4.59. The van der Waals surface area contributed by atoms with Gasteiger partial charge in [0.05, 0.1) is 5.69 Å². The second-order valence-electron chi connectivity index (χ2n) is 4.51. The summed E-state index contributed by atoms with van der Waals surface area (Å²) in [5.74, 6) is 1.91. The van der Waals surface area contributed by atoms with Crippen molar-refractivity contribution in [1.29, 1.82) is 0 Å². The van der Waals surface area contributed by atoms with E-state index in [2.05, 4.69) is 28.7 Å². The van der Waals surface area contributed by atoms with Gasteiger partial charge in [0.25, 0.3) is 0 Å². The van der Waals surface area contributed by atoms with Crippen molar-refractivity contribution in [3.05, 3.63) is 17.2 Å². The minimum atomic E-state index is 0.715. The van der Waals surface area contributed by atoms with Crippen molar-refractivity contribution in [3.8, 4) is 0 Å². The van der Waals surface area contributed by atoms with Gasteiger partial charge in [-0.2, -0.15) is 0 Å². The Morgan fingerprint density at radius 3 is 3.00 bits per heavy atom. The number of aromatic nitrogens is 2. The van der Waals surface area contributed by atoms with Crippen molar-refractivity contribution in [2.24, 2.45) is 0 Å². The van der Waals surface area contributed by atoms with E-state index in [1.165, 1.54) is 36.5 Å². The second-order valence-corrected chi connectivity index (χ2v) is 4.51. The molecule has 0 radical (unpaired) electrons. The molecule has 0 fully saturated rings. The van der Waals surface area contributed by atoms with E-state index < -0.39 is 0 Å². The monoisotopic (exact) mass is 207 g/mol. The minimum absolute atomic E-state index is 0.715. The number of nitrogens with zero attached hydrogens (tertiary/aromatic N) is 2. The van der Waals surface area contributed by atoms with Crippen LogP contribution in [0.3, 0.4) is 0 Å². The lowest BCUT2D eigenvalue weighted by atomic mass is 9.91. The zero-order valence-corrected chi connectivity index (χ0v) is 10.0. The molecule has 1 aliphatic rings. The van der Waals surface area contributed by atoms with Gasteiger partial charge in [0.15, 0.2) is 0 Å². The lowest BCUT2D eigenvalue weighted by Gasteiger charge is -2.25. The Labute approximate surface area is 91.9 Å². The molecule has 84 valence electrons. The summed E-state index contributed by atoms with van der Waals surface area (Å²) in [5.41, 5.74) is 2.74. The van der Waals surface area contributed by atoms with Crippen molar-refractivity contribution >= 4 is 0 Å². The predicted octanol–water partition coefficient (Wildman–Crippen LogP) is 1.99. The lowest BCUT2D eigenvalue weighted by Crippen LogP contribution is -2.20. The van der Waals surface area contributed by atoms with Gasteiger partial charge in [-0.1, -0.05) is 0 Å². The Balaban J connectivity index is 2.25. The van der Waals surface area contributed by atoms with Gasteiger partial charge in [0.2, 0.25) is 0 Å². The van der Waals surface area contributed by atoms with Gasteiger partial charge >= 0.3 is 0 Å². The van der Waals surface area contributed by atoms with Gasteiger partial charge in [0, 0.05) is 18.2 Å². The molecule has 0 aliphatic carbocycles. The van der Waals surface area contributed by atoms with Crippen molar-refractivity contribution in [2.45, 2.75) is 45.6 Å². The zero-order valence-electron chi connectivity index (χ0n) is 10.0. The number of hydrogen-bond acceptors (Lipinski definition) is 2. The molecule has 1 aliphatic heterocycles. The third-order valence-electron chi connectivity index (χ3n) is 3.45. The molecule has 1 N–H and O–H groups in total. The van der Waals surface area contributed by atoms with Crippen LogP contribution in [0, 0.1) is 13.8 Å². The first-order valence-electron chi connectivity index (χ1n) is 5.92. The van der Waals surface area contributed by atoms with Crippen LogP contribution in [0.15, 0.2) is 0 Å². The van der Waals surface area contributed by atoms with E-state index >= 15 is 0 Å². The quantitative estimate of drug-likeness (QED) is 0.821. The smallest absolute Gasteiger partial charge is 0.106 e. The summed E-state index contributed by atoms with van der Waals surface area (Å²) in [6.45, 7) is 6.54. The molecule has 0 aromatic carbocycles. The zero-order chi connectivity index (χ0) is 10.8. The molecule has 1 aromatic heterocycles. The van der Waals surface area contributed by atoms with E-state index in [4.69, 9.17) is 0 Å². The van der Waals surface area contributed by atoms with E-state index in [1.54, 1.807) is 0 Å². The summed E-state index contributed by atoms with van der Waals surface area (Å²) < 4.78 is 2.42. The van der Waals surface area contributed by atoms with Crippen LogP contribution in [0.1, 0.15) is 42.4 Å². The van der Waals surface area contributed by atoms with Crippen LogP contribution in [-0.2, 0) is 6.54 Å². The highest BCUT2D eigenvalue weighted by Crippen LogP contribution is 2.32. The first-order chi connectivity index (χ1) is 7.24. The number of nitrogens with one attached hydrogen (secondary N) is 1. The van der Waals surface area contributed by atoms with Crippen molar-refractivity contribution in [2.75, 3.05) is 13.6 Å². The van der Waals surface area contributed by atoms with Crippen molar-refractivity contribution in [1.82, 2.24) is 14.9 Å². The SMILES string of the molecule is CNCCC1CCCn2c(C)nc(C)c21. The maximum Gasteiger partial charge on any atom is 0.106 e. The molecule has 2 rings (SSSR count). The lowest BCUT2D eigenvalue weighted by molar-refractivity contribution is 0.425. The van der Waals surface area contributed by atoms with Crippen LogP contribution < -0.4 is 5.32 Å². The number of aryl methyl sites for hydroxylation is 2. The molecule has 0 bridgehead atoms. The molecule has 0 amide bonds. The first kappa shape index (κ1) is 10.7. The van der Waals surface area contributed by atoms with Crippen LogP contribution >= 0.6 is 0 Å². The molecule has 2 heterocycles. The molecular weight excluding hydrogens is 186 g/mol. The summed E-state index contributed by atoms with van der Waals surface area (Å²) in [5, 5.41) is 3.24. The Morgan fingerprint density at radius 1 is 1.47 bits per heavy atom. The Bertz CT molecular complexity index is 341. The van der Waals surface area contributed by atoms with E-state index in [0.29, 0.717) is 5.92 Å². The highest BCUT2D eigenvalue weighted by Gasteiger charge is 2.24. The maximum absolute atomic E-state index is 4.59. The molecular formula is C12H21N3. The number of fused-ring (bicyclic) bond motifs is 1. The molecule has 1 atom stereocenters. The third kappa shape index (κ3) is 1.93. The summed E-state index contributed by atoms with van der Waals surface area (Å²) in [7, 11) is 2.03. The fraction of sp³-hybridized carbons (Fsp3) is 0.750. The van der Waals surface area contributed by atoms with E-state index in [-0.39, 0.29) is 0 Å². The van der Waals surface area contributed by atoms with E-state index in [0.717, 1.165) is 13.1 Å². The van der Waals surface area contributed by atoms with Crippen molar-refractivity contribution < 1.29 is 0 Å². The van der Waals surface area contributed by atoms with E-state index in [9.17, 15) is 0 Å². The van der Waals surface area contributed by atoms with Crippen molar-refractivity contribution in [3.63, 3.8) is 0 Å². The van der Waals surface area contributed by atoms with Crippen LogP contribution in [-0.4, -0.2) is 23.1 Å². The topological polar surface area (TPSA) is 29.9 Å². The third-order valence-corrected chi connectivity index (χ3v) is 3.45. The average Bonchev–Trinajstić information content (AvgIpc) is 2.53. The molecule has 3 nitrogen and oxygen atoms in total. The fourth-order valence-electron chi connectivity index (χ4n) is 2.76. The van der Waals surface area contributed by atoms with Gasteiger partial charge < -0.3 is 9.88 Å². The molecule has 1 aromatic rings. The second kappa shape index (κ2) is 4.35. The number of hydrogen-bond donors (Lipinski definition) is 1. The Hall–Kier alpha value is -0.830. The fourth-order valence-corrected chi connectivity index (χ4v) is 2.76. The molecule has 3 heteroatoms. The Kier molecular flexibility index (Phi) is 3.10. The number of imidazole rings is 1. The molecule has 1 unspecified atom stereocenters. The molecule has 0 saturated heterocycles. The van der Waals surface area contributed by atoms with E-state index in [1.807, 2.05) is 7.05 Å². The van der Waals surface area contributed by atoms with Crippen LogP contribution in [0.25, 0.3) is 0 Å². The normalized spacial score (nSPS) is 20.3. The van der Waals surface area contributed by atoms with Crippen LogP contribution in [0.2, 0.25) is 0 Å². The number of rotatable bonds is 3. The van der Waals surface area contributed by atoms with Gasteiger partial charge in [-0.15, -0.1) is 0 Å². The highest BCUT2D eigenvalue weighted by molar-refractivity contribution is 5.21. The summed E-state index contributed by atoms with van der Waals surface area (Å²) in [6, 6.07) is 0. The highest BCUT2D eigenvalue weighted by atomic mass is 15.1. The van der Waals surface area contributed by atoms with Crippen LogP contribution in [0.4, 0.5) is 0 Å². The molecule has 15 heavy (non-hydrogen) atoms. The largest absolute Gasteiger partial charge is 0.332 e.